The van der Waals surface area contributed by atoms with E-state index in [0.717, 1.165) is 0 Å². The van der Waals surface area contributed by atoms with Crippen LogP contribution in [0.5, 0.6) is 0 Å². The van der Waals surface area contributed by atoms with Crippen LogP contribution in [0, 0.1) is 0 Å². The summed E-state index contributed by atoms with van der Waals surface area (Å²) < 4.78 is 0. The molecule has 0 fully saturated rings. The second kappa shape index (κ2) is 12.0. The minimum Gasteiger partial charge on any atom is -0.0616 e. The van der Waals surface area contributed by atoms with Gasteiger partial charge in [-0.1, -0.05) is 184 Å². The van der Waals surface area contributed by atoms with Crippen LogP contribution >= 0.6 is 0 Å². The summed E-state index contributed by atoms with van der Waals surface area (Å²) in [6, 6.07) is 72.7. The van der Waals surface area contributed by atoms with E-state index in [1.54, 1.807) is 0 Å². The van der Waals surface area contributed by atoms with Gasteiger partial charge in [-0.2, -0.15) is 0 Å². The Kier molecular flexibility index (Phi) is 6.78. The van der Waals surface area contributed by atoms with Crippen molar-refractivity contribution in [1.82, 2.24) is 0 Å². The molecule has 0 heterocycles. The zero-order valence-corrected chi connectivity index (χ0v) is 32.0. The molecule has 12 rings (SSSR count). The van der Waals surface area contributed by atoms with Crippen molar-refractivity contribution in [2.24, 2.45) is 0 Å². The molecule has 0 aromatic heterocycles. The van der Waals surface area contributed by atoms with Gasteiger partial charge in [-0.15, -0.1) is 0 Å². The van der Waals surface area contributed by atoms with Crippen LogP contribution in [0.1, 0.15) is 25.0 Å². The van der Waals surface area contributed by atoms with E-state index in [0.29, 0.717) is 0 Å². The van der Waals surface area contributed by atoms with Crippen molar-refractivity contribution in [3.8, 4) is 44.5 Å². The fraction of sp³-hybridized carbons (Fsp3) is 0.0526. The molecule has 0 aliphatic heterocycles. The number of hydrogen-bond acceptors (Lipinski definition) is 0. The van der Waals surface area contributed by atoms with Gasteiger partial charge in [0, 0.05) is 5.41 Å². The minimum absolute atomic E-state index is 0.0724. The van der Waals surface area contributed by atoms with E-state index in [1.165, 1.54) is 120 Å². The molecule has 57 heavy (non-hydrogen) atoms. The maximum Gasteiger partial charge on any atom is 0.0165 e. The predicted octanol–water partition coefficient (Wildman–Crippen LogP) is 15.9. The molecule has 1 aliphatic carbocycles. The van der Waals surface area contributed by atoms with Crippen molar-refractivity contribution in [1.29, 1.82) is 0 Å². The maximum absolute atomic E-state index is 2.43. The molecule has 0 N–H and O–H groups in total. The molecule has 0 saturated heterocycles. The van der Waals surface area contributed by atoms with Crippen LogP contribution in [-0.2, 0) is 5.41 Å². The van der Waals surface area contributed by atoms with Gasteiger partial charge in [0.1, 0.15) is 0 Å². The van der Waals surface area contributed by atoms with Gasteiger partial charge < -0.3 is 0 Å². The molecule has 11 aromatic rings. The molecule has 0 bridgehead atoms. The summed E-state index contributed by atoms with van der Waals surface area (Å²) in [5, 5.41) is 15.4. The van der Waals surface area contributed by atoms with Crippen LogP contribution in [0.2, 0.25) is 0 Å². The molecule has 0 nitrogen and oxygen atoms in total. The van der Waals surface area contributed by atoms with Gasteiger partial charge in [-0.25, -0.2) is 0 Å². The molecule has 11 aromatic carbocycles. The van der Waals surface area contributed by atoms with Gasteiger partial charge >= 0.3 is 0 Å². The third kappa shape index (κ3) is 4.68. The Labute approximate surface area is 332 Å². The lowest BCUT2D eigenvalue weighted by molar-refractivity contribution is 0.666. The zero-order valence-electron chi connectivity index (χ0n) is 32.0. The highest BCUT2D eigenvalue weighted by atomic mass is 14.4. The average Bonchev–Trinajstić information content (AvgIpc) is 3.50. The second-order valence-electron chi connectivity index (χ2n) is 16.4. The first-order valence-corrected chi connectivity index (χ1v) is 20.1. The monoisotopic (exact) mass is 722 g/mol. The largest absolute Gasteiger partial charge is 0.0616 e. The molecule has 0 unspecified atom stereocenters. The molecule has 0 spiro atoms. The number of benzene rings is 11. The average molecular weight is 723 g/mol. The highest BCUT2D eigenvalue weighted by Gasteiger charge is 2.37. The number of fused-ring (bicyclic) bond motifs is 11. The SMILES string of the molecule is CC1(C)c2ccc(-c3cccc(-c4c5ccccc5c(-c5cccc6c5ccc5cc7ccccc7cc56)c5ccccc45)c3)cc2-c2ccc3ccccc3c21. The normalized spacial score (nSPS) is 13.2. The van der Waals surface area contributed by atoms with E-state index in [-0.39, 0.29) is 5.41 Å². The van der Waals surface area contributed by atoms with Crippen molar-refractivity contribution in [2.45, 2.75) is 19.3 Å². The molecule has 266 valence electrons. The third-order valence-electron chi connectivity index (χ3n) is 13.0. The Morgan fingerprint density at radius 1 is 0.281 bits per heavy atom. The van der Waals surface area contributed by atoms with E-state index in [9.17, 15) is 0 Å². The van der Waals surface area contributed by atoms with Crippen LogP contribution < -0.4 is 0 Å². The lowest BCUT2D eigenvalue weighted by Crippen LogP contribution is -2.15. The Morgan fingerprint density at radius 2 is 0.860 bits per heavy atom. The van der Waals surface area contributed by atoms with Crippen LogP contribution in [-0.4, -0.2) is 0 Å². The lowest BCUT2D eigenvalue weighted by atomic mass is 9.80. The summed E-state index contributed by atoms with van der Waals surface area (Å²) in [4.78, 5) is 0. The fourth-order valence-electron chi connectivity index (χ4n) is 10.4. The van der Waals surface area contributed by atoms with E-state index in [2.05, 4.69) is 208 Å². The quantitative estimate of drug-likeness (QED) is 0.126. The predicted molar refractivity (Wildman–Crippen MR) is 245 cm³/mol. The fourth-order valence-corrected chi connectivity index (χ4v) is 10.4. The summed E-state index contributed by atoms with van der Waals surface area (Å²) >= 11 is 0. The summed E-state index contributed by atoms with van der Waals surface area (Å²) in [6.07, 6.45) is 0. The topological polar surface area (TPSA) is 0 Å². The smallest absolute Gasteiger partial charge is 0.0165 e. The first-order chi connectivity index (χ1) is 28.0. The minimum atomic E-state index is -0.0724. The maximum atomic E-state index is 2.43. The van der Waals surface area contributed by atoms with Crippen LogP contribution in [0.4, 0.5) is 0 Å². The van der Waals surface area contributed by atoms with E-state index >= 15 is 0 Å². The molecule has 1 aliphatic rings. The van der Waals surface area contributed by atoms with Gasteiger partial charge in [0.2, 0.25) is 0 Å². The number of hydrogen-bond donors (Lipinski definition) is 0. The van der Waals surface area contributed by atoms with Gasteiger partial charge in [0.05, 0.1) is 0 Å². The zero-order chi connectivity index (χ0) is 37.8. The molecule has 0 radical (unpaired) electrons. The van der Waals surface area contributed by atoms with Gasteiger partial charge in [0.15, 0.2) is 0 Å². The third-order valence-corrected chi connectivity index (χ3v) is 13.0. The Balaban J connectivity index is 1.05. The van der Waals surface area contributed by atoms with Crippen molar-refractivity contribution in [3.05, 3.63) is 205 Å². The lowest BCUT2D eigenvalue weighted by Gasteiger charge is -2.23. The first-order valence-electron chi connectivity index (χ1n) is 20.1. The van der Waals surface area contributed by atoms with E-state index in [1.807, 2.05) is 0 Å². The summed E-state index contributed by atoms with van der Waals surface area (Å²) in [7, 11) is 0. The van der Waals surface area contributed by atoms with Crippen LogP contribution in [0.3, 0.4) is 0 Å². The highest BCUT2D eigenvalue weighted by Crippen LogP contribution is 2.52. The molecule has 0 amide bonds. The Hall–Kier alpha value is -7.02. The molecular weight excluding hydrogens is 685 g/mol. The van der Waals surface area contributed by atoms with Gasteiger partial charge in [0.25, 0.3) is 0 Å². The molecule has 0 saturated carbocycles. The van der Waals surface area contributed by atoms with E-state index < -0.39 is 0 Å². The van der Waals surface area contributed by atoms with Gasteiger partial charge in [-0.05, 0) is 145 Å². The summed E-state index contributed by atoms with van der Waals surface area (Å²) in [5.41, 5.74) is 13.0. The standard InChI is InChI=1S/C57H38/c1-57(2)53-30-27-39(34-52(53)50-29-25-35-13-5-6-18-42(35)56(50)57)37-16-11-17-41(32-37)54-46-19-7-9-21-48(46)55(49-22-10-8-20-47(49)54)45-24-12-23-43-44(45)28-26-40-31-36-14-3-4-15-38(36)33-51(40)43/h3-34H,1-2H3. The highest BCUT2D eigenvalue weighted by molar-refractivity contribution is 6.25. The van der Waals surface area contributed by atoms with Crippen LogP contribution in [0.25, 0.3) is 109 Å². The molecular formula is C57H38. The van der Waals surface area contributed by atoms with E-state index in [4.69, 9.17) is 0 Å². The van der Waals surface area contributed by atoms with Crippen molar-refractivity contribution in [2.75, 3.05) is 0 Å². The first kappa shape index (κ1) is 32.2. The van der Waals surface area contributed by atoms with Crippen molar-refractivity contribution < 1.29 is 0 Å². The molecule has 0 heteroatoms. The van der Waals surface area contributed by atoms with Crippen molar-refractivity contribution in [3.63, 3.8) is 0 Å². The second-order valence-corrected chi connectivity index (χ2v) is 16.4. The number of rotatable bonds is 3. The Bertz CT molecular complexity index is 3430. The Morgan fingerprint density at radius 3 is 1.61 bits per heavy atom. The summed E-state index contributed by atoms with van der Waals surface area (Å²) in [5.74, 6) is 0. The van der Waals surface area contributed by atoms with Gasteiger partial charge in [-0.3, -0.25) is 0 Å². The van der Waals surface area contributed by atoms with Crippen LogP contribution in [0.15, 0.2) is 194 Å². The van der Waals surface area contributed by atoms with Crippen molar-refractivity contribution >= 4 is 64.6 Å². The summed E-state index contributed by atoms with van der Waals surface area (Å²) in [6.45, 7) is 4.76. The molecule has 0 atom stereocenters.